The van der Waals surface area contributed by atoms with E-state index in [-0.39, 0.29) is 11.7 Å². The van der Waals surface area contributed by atoms with Gasteiger partial charge in [0, 0.05) is 22.2 Å². The number of benzene rings is 2. The molecule has 2 aromatic carbocycles. The molecule has 0 bridgehead atoms. The molecule has 0 saturated carbocycles. The van der Waals surface area contributed by atoms with Crippen molar-refractivity contribution in [1.82, 2.24) is 4.90 Å². The van der Waals surface area contributed by atoms with Crippen molar-refractivity contribution in [3.8, 4) is 5.75 Å². The normalized spacial score (nSPS) is 18.1. The number of hydrogen-bond acceptors (Lipinski definition) is 5. The van der Waals surface area contributed by atoms with Crippen molar-refractivity contribution in [3.63, 3.8) is 0 Å². The molecule has 4 rings (SSSR count). The Balaban J connectivity index is 1.88. The molecule has 31 heavy (non-hydrogen) atoms. The summed E-state index contributed by atoms with van der Waals surface area (Å²) in [6.07, 6.45) is 1.81. The van der Waals surface area contributed by atoms with Crippen LogP contribution in [0.15, 0.2) is 64.9 Å². The molecule has 0 aliphatic carbocycles. The minimum absolute atomic E-state index is 0.0581. The average molecular weight is 475 g/mol. The molecule has 8 heteroatoms. The second-order valence-corrected chi connectivity index (χ2v) is 9.23. The Morgan fingerprint density at radius 3 is 2.48 bits per heavy atom. The molecule has 0 radical (unpaired) electrons. The highest BCUT2D eigenvalue weighted by Crippen LogP contribution is 2.50. The van der Waals surface area contributed by atoms with Crippen molar-refractivity contribution in [2.45, 2.75) is 32.9 Å². The molecule has 2 aliphatic rings. The second kappa shape index (κ2) is 8.61. The highest BCUT2D eigenvalue weighted by molar-refractivity contribution is 8.22. The topological polar surface area (TPSA) is 62.1 Å². The third kappa shape index (κ3) is 4.07. The number of amidine groups is 1. The van der Waals surface area contributed by atoms with Crippen LogP contribution in [0.1, 0.15) is 37.9 Å². The van der Waals surface area contributed by atoms with Crippen LogP contribution in [0, 0.1) is 0 Å². The van der Waals surface area contributed by atoms with E-state index >= 15 is 0 Å². The van der Waals surface area contributed by atoms with Gasteiger partial charge in [0.1, 0.15) is 5.75 Å². The van der Waals surface area contributed by atoms with E-state index in [0.717, 1.165) is 10.5 Å². The van der Waals surface area contributed by atoms with Gasteiger partial charge in [0.05, 0.1) is 33.5 Å². The van der Waals surface area contributed by atoms with Gasteiger partial charge < -0.3 is 14.7 Å². The Bertz CT molecular complexity index is 1140. The number of thioether (sulfide) groups is 1. The van der Waals surface area contributed by atoms with Gasteiger partial charge in [-0.15, -0.1) is 0 Å². The molecule has 0 saturated heterocycles. The Kier molecular flexibility index (Phi) is 6.06. The van der Waals surface area contributed by atoms with Gasteiger partial charge in [-0.1, -0.05) is 47.5 Å². The lowest BCUT2D eigenvalue weighted by molar-refractivity contribution is -0.133. The fraction of sp³-hybridized carbons (Fsp3) is 0.217. The summed E-state index contributed by atoms with van der Waals surface area (Å²) in [4.78, 5) is 19.5. The lowest BCUT2D eigenvalue weighted by Gasteiger charge is -2.33. The quantitative estimate of drug-likeness (QED) is 0.528. The summed E-state index contributed by atoms with van der Waals surface area (Å²) in [5.41, 5.74) is 2.11. The van der Waals surface area contributed by atoms with Crippen molar-refractivity contribution in [2.75, 3.05) is 0 Å². The third-order valence-electron chi connectivity index (χ3n) is 4.90. The van der Waals surface area contributed by atoms with Crippen LogP contribution in [-0.2, 0) is 4.79 Å². The predicted octanol–water partition coefficient (Wildman–Crippen LogP) is 6.60. The Labute approximate surface area is 195 Å². The number of carboxylic acid groups (broad SMARTS) is 1. The zero-order valence-electron chi connectivity index (χ0n) is 17.1. The Morgan fingerprint density at radius 1 is 1.16 bits per heavy atom. The van der Waals surface area contributed by atoms with Crippen LogP contribution >= 0.6 is 35.0 Å². The maximum atomic E-state index is 12.3. The van der Waals surface area contributed by atoms with E-state index in [4.69, 9.17) is 27.9 Å². The van der Waals surface area contributed by atoms with Crippen LogP contribution in [-0.4, -0.2) is 27.2 Å². The SMILES string of the molecule is CC1=C(C(=O)O)C(c2ccccc2OC(C)C)N2C=C(c3c(Cl)cccc3Cl)SC2=N1. The van der Waals surface area contributed by atoms with E-state index in [2.05, 4.69) is 4.99 Å². The second-order valence-electron chi connectivity index (χ2n) is 7.40. The first-order valence-corrected chi connectivity index (χ1v) is 11.3. The van der Waals surface area contributed by atoms with Gasteiger partial charge in [-0.05, 0) is 50.7 Å². The third-order valence-corrected chi connectivity index (χ3v) is 6.54. The van der Waals surface area contributed by atoms with Crippen LogP contribution in [0.3, 0.4) is 0 Å². The minimum Gasteiger partial charge on any atom is -0.491 e. The number of rotatable bonds is 5. The van der Waals surface area contributed by atoms with Gasteiger partial charge in [-0.3, -0.25) is 0 Å². The maximum Gasteiger partial charge on any atom is 0.335 e. The van der Waals surface area contributed by atoms with Crippen molar-refractivity contribution in [3.05, 3.63) is 81.1 Å². The molecule has 0 spiro atoms. The summed E-state index contributed by atoms with van der Waals surface area (Å²) in [6, 6.07) is 12.2. The molecule has 2 aromatic rings. The lowest BCUT2D eigenvalue weighted by Crippen LogP contribution is -2.33. The van der Waals surface area contributed by atoms with E-state index in [1.807, 2.05) is 49.2 Å². The Morgan fingerprint density at radius 2 is 1.84 bits per heavy atom. The van der Waals surface area contributed by atoms with Gasteiger partial charge >= 0.3 is 5.97 Å². The summed E-state index contributed by atoms with van der Waals surface area (Å²) in [7, 11) is 0. The number of fused-ring (bicyclic) bond motifs is 1. The number of carbonyl (C=O) groups is 1. The molecule has 2 heterocycles. The van der Waals surface area contributed by atoms with E-state index in [1.165, 1.54) is 11.8 Å². The van der Waals surface area contributed by atoms with Crippen LogP contribution in [0.25, 0.3) is 4.91 Å². The molecule has 0 aromatic heterocycles. The zero-order valence-corrected chi connectivity index (χ0v) is 19.4. The standard InChI is InChI=1S/C23H20Cl2N2O3S/c1-12(2)30-17-10-5-4-7-14(17)21-19(22(28)29)13(3)26-23-27(21)11-18(31-23)20-15(24)8-6-9-16(20)25/h4-12,21H,1-3H3,(H,28,29). The molecule has 5 nitrogen and oxygen atoms in total. The van der Waals surface area contributed by atoms with Crippen LogP contribution < -0.4 is 4.74 Å². The fourth-order valence-electron chi connectivity index (χ4n) is 3.66. The van der Waals surface area contributed by atoms with Gasteiger partial charge in [0.2, 0.25) is 0 Å². The largest absolute Gasteiger partial charge is 0.491 e. The summed E-state index contributed by atoms with van der Waals surface area (Å²) in [6.45, 7) is 5.59. The molecule has 1 unspecified atom stereocenters. The molecule has 160 valence electrons. The van der Waals surface area contributed by atoms with Crippen LogP contribution in [0.5, 0.6) is 5.75 Å². The van der Waals surface area contributed by atoms with Crippen molar-refractivity contribution in [2.24, 2.45) is 4.99 Å². The first-order valence-electron chi connectivity index (χ1n) is 9.68. The highest BCUT2D eigenvalue weighted by atomic mass is 35.5. The van der Waals surface area contributed by atoms with Crippen molar-refractivity contribution >= 4 is 51.0 Å². The smallest absolute Gasteiger partial charge is 0.335 e. The molecular formula is C23H20Cl2N2O3S. The van der Waals surface area contributed by atoms with Gasteiger partial charge in [0.15, 0.2) is 5.17 Å². The summed E-state index contributed by atoms with van der Waals surface area (Å²) < 4.78 is 6.01. The zero-order chi connectivity index (χ0) is 22.3. The number of nitrogens with zero attached hydrogens (tertiary/aromatic N) is 2. The number of hydrogen-bond donors (Lipinski definition) is 1. The van der Waals surface area contributed by atoms with Crippen molar-refractivity contribution < 1.29 is 14.6 Å². The lowest BCUT2D eigenvalue weighted by atomic mass is 9.94. The molecule has 0 amide bonds. The number of aliphatic carboxylic acids is 1. The fourth-order valence-corrected chi connectivity index (χ4v) is 5.50. The minimum atomic E-state index is -1.02. The number of carboxylic acids is 1. The number of aliphatic imine (C=N–C) groups is 1. The molecule has 1 N–H and O–H groups in total. The first kappa shape index (κ1) is 21.8. The van der Waals surface area contributed by atoms with Crippen molar-refractivity contribution in [1.29, 1.82) is 0 Å². The molecule has 0 fully saturated rings. The first-order chi connectivity index (χ1) is 14.8. The predicted molar refractivity (Wildman–Crippen MR) is 127 cm³/mol. The number of ether oxygens (including phenoxy) is 1. The number of allylic oxidation sites excluding steroid dienone is 1. The summed E-state index contributed by atoms with van der Waals surface area (Å²) in [5, 5.41) is 11.8. The average Bonchev–Trinajstić information content (AvgIpc) is 3.09. The van der Waals surface area contributed by atoms with Gasteiger partial charge in [-0.2, -0.15) is 0 Å². The van der Waals surface area contributed by atoms with E-state index in [1.54, 1.807) is 25.1 Å². The molecule has 2 aliphatic heterocycles. The molecule has 1 atom stereocenters. The van der Waals surface area contributed by atoms with Gasteiger partial charge in [-0.25, -0.2) is 9.79 Å². The van der Waals surface area contributed by atoms with E-state index in [9.17, 15) is 9.90 Å². The summed E-state index contributed by atoms with van der Waals surface area (Å²) in [5.74, 6) is -0.384. The summed E-state index contributed by atoms with van der Waals surface area (Å²) >= 11 is 14.3. The highest BCUT2D eigenvalue weighted by Gasteiger charge is 2.40. The van der Waals surface area contributed by atoms with E-state index in [0.29, 0.717) is 32.2 Å². The van der Waals surface area contributed by atoms with Gasteiger partial charge in [0.25, 0.3) is 0 Å². The molecular weight excluding hydrogens is 455 g/mol. The number of para-hydroxylation sites is 1. The maximum absolute atomic E-state index is 12.3. The van der Waals surface area contributed by atoms with E-state index < -0.39 is 12.0 Å². The van der Waals surface area contributed by atoms with Crippen LogP contribution in [0.2, 0.25) is 10.0 Å². The Hall–Kier alpha value is -2.41. The van der Waals surface area contributed by atoms with Crippen LogP contribution in [0.4, 0.5) is 0 Å². The monoisotopic (exact) mass is 474 g/mol. The number of halogens is 2.